The second-order valence-electron chi connectivity index (χ2n) is 7.73. The first-order chi connectivity index (χ1) is 16.4. The monoisotopic (exact) mass is 496 g/mol. The van der Waals surface area contributed by atoms with Gasteiger partial charge in [0.05, 0.1) is 10.1 Å². The van der Waals surface area contributed by atoms with E-state index in [0.29, 0.717) is 49.4 Å². The second-order valence-corrected chi connectivity index (χ2v) is 8.90. The van der Waals surface area contributed by atoms with E-state index in [1.807, 2.05) is 30.0 Å². The van der Waals surface area contributed by atoms with Crippen LogP contribution in [0.1, 0.15) is 17.3 Å². The molecule has 0 radical (unpaired) electrons. The molecule has 1 saturated heterocycles. The number of anilines is 2. The molecule has 174 valence electrons. The number of hydrogen-bond donors (Lipinski definition) is 2. The molecular weight excluding hydrogens is 476 g/mol. The topological polar surface area (TPSA) is 129 Å². The van der Waals surface area contributed by atoms with E-state index in [1.54, 1.807) is 4.57 Å². The molecule has 0 unspecified atom stereocenters. The van der Waals surface area contributed by atoms with Crippen LogP contribution in [0.5, 0.6) is 0 Å². The maximum Gasteiger partial charge on any atom is 0.341 e. The van der Waals surface area contributed by atoms with Crippen molar-refractivity contribution in [3.63, 3.8) is 0 Å². The number of thiocarbonyl (C=S) groups is 1. The van der Waals surface area contributed by atoms with Crippen LogP contribution in [0.15, 0.2) is 35.4 Å². The summed E-state index contributed by atoms with van der Waals surface area (Å²) in [6.45, 7) is 4.98. The quantitative estimate of drug-likeness (QED) is 0.403. The van der Waals surface area contributed by atoms with Gasteiger partial charge in [-0.2, -0.15) is 4.98 Å². The van der Waals surface area contributed by atoms with Gasteiger partial charge in [-0.25, -0.2) is 9.78 Å². The summed E-state index contributed by atoms with van der Waals surface area (Å²) < 4.78 is 6.64. The lowest BCUT2D eigenvalue weighted by Gasteiger charge is -2.36. The van der Waals surface area contributed by atoms with Gasteiger partial charge in [0.2, 0.25) is 11.4 Å². The van der Waals surface area contributed by atoms with Crippen LogP contribution in [0, 0.1) is 0 Å². The summed E-state index contributed by atoms with van der Waals surface area (Å²) in [7, 11) is 0. The molecule has 1 aliphatic rings. The van der Waals surface area contributed by atoms with Crippen LogP contribution >= 0.6 is 23.8 Å². The Hall–Kier alpha value is -3.71. The van der Waals surface area contributed by atoms with Gasteiger partial charge in [-0.15, -0.1) is 5.10 Å². The Bertz CT molecular complexity index is 1480. The molecule has 3 aromatic heterocycles. The molecule has 34 heavy (non-hydrogen) atoms. The minimum atomic E-state index is -1.26. The van der Waals surface area contributed by atoms with Gasteiger partial charge in [0.25, 0.3) is 0 Å². The molecule has 5 rings (SSSR count). The molecule has 13 heteroatoms. The highest BCUT2D eigenvalue weighted by Crippen LogP contribution is 2.21. The van der Waals surface area contributed by atoms with Gasteiger partial charge in [0.1, 0.15) is 16.7 Å². The van der Waals surface area contributed by atoms with Gasteiger partial charge < -0.3 is 24.8 Å². The van der Waals surface area contributed by atoms with E-state index in [0.717, 1.165) is 15.9 Å². The zero-order chi connectivity index (χ0) is 23.8. The summed E-state index contributed by atoms with van der Waals surface area (Å²) in [5.74, 6) is -0.765. The lowest BCUT2D eigenvalue weighted by molar-refractivity contribution is 0.0695. The van der Waals surface area contributed by atoms with Crippen molar-refractivity contribution in [1.82, 2.24) is 29.0 Å². The van der Waals surface area contributed by atoms with Gasteiger partial charge in [0.15, 0.2) is 5.11 Å². The maximum absolute atomic E-state index is 12.5. The number of nitrogens with one attached hydrogen (secondary N) is 1. The van der Waals surface area contributed by atoms with Crippen LogP contribution in [0.25, 0.3) is 21.3 Å². The van der Waals surface area contributed by atoms with E-state index in [-0.39, 0.29) is 10.9 Å². The molecule has 0 atom stereocenters. The Morgan fingerprint density at radius 3 is 2.79 bits per heavy atom. The minimum absolute atomic E-state index is 0.196. The number of rotatable bonds is 4. The third-order valence-electron chi connectivity index (χ3n) is 5.72. The molecule has 4 heterocycles. The number of piperazine rings is 1. The lowest BCUT2D eigenvalue weighted by atomic mass is 10.2. The molecule has 0 aliphatic carbocycles. The molecule has 11 nitrogen and oxygen atoms in total. The number of aryl methyl sites for hydroxylation is 1. The number of carboxylic acids is 1. The summed E-state index contributed by atoms with van der Waals surface area (Å²) in [5, 5.41) is 17.5. The molecule has 1 fully saturated rings. The highest BCUT2D eigenvalue weighted by Gasteiger charge is 2.23. The normalized spacial score (nSPS) is 14.0. The number of nitrogens with zero attached hydrogens (tertiary/aromatic N) is 7. The molecular formula is C21H20N8O3S2. The number of hydrogen-bond acceptors (Lipinski definition) is 9. The first-order valence-corrected chi connectivity index (χ1v) is 11.8. The van der Waals surface area contributed by atoms with Crippen LogP contribution in [-0.4, -0.2) is 71.4 Å². The SMILES string of the molecule is CCn1cc(C(=O)O)c(=O)c2cnc(N3CCN(C(=S)Nc4ccc5snnc5c4)CC3)nc21. The van der Waals surface area contributed by atoms with Gasteiger partial charge in [-0.05, 0) is 48.9 Å². The predicted octanol–water partition coefficient (Wildman–Crippen LogP) is 2.03. The number of fused-ring (bicyclic) bond motifs is 2. The summed E-state index contributed by atoms with van der Waals surface area (Å²) >= 11 is 6.95. The van der Waals surface area contributed by atoms with Crippen molar-refractivity contribution in [3.8, 4) is 0 Å². The van der Waals surface area contributed by atoms with E-state index in [1.165, 1.54) is 23.9 Å². The predicted molar refractivity (Wildman–Crippen MR) is 134 cm³/mol. The molecule has 2 N–H and O–H groups in total. The molecule has 0 spiro atoms. The number of aromatic carboxylic acids is 1. The number of pyridine rings is 1. The summed E-state index contributed by atoms with van der Waals surface area (Å²) in [5.41, 5.74) is 1.26. The maximum atomic E-state index is 12.5. The van der Waals surface area contributed by atoms with Crippen LogP contribution in [-0.2, 0) is 6.54 Å². The fourth-order valence-electron chi connectivity index (χ4n) is 3.88. The Labute approximate surface area is 202 Å². The first-order valence-electron chi connectivity index (χ1n) is 10.6. The van der Waals surface area contributed by atoms with Gasteiger partial charge >= 0.3 is 5.97 Å². The zero-order valence-corrected chi connectivity index (χ0v) is 19.8. The molecule has 1 aromatic carbocycles. The standard InChI is InChI=1S/C21H20N8O3S2/c1-2-27-11-14(19(31)32)17(30)13-10-22-20(24-18(13)27)28-5-7-29(8-6-28)21(33)23-12-3-4-16-15(9-12)25-26-34-16/h3-4,9-11H,2,5-8H2,1H3,(H,23,33)(H,31,32). The number of carboxylic acid groups (broad SMARTS) is 1. The van der Waals surface area contributed by atoms with Crippen molar-refractivity contribution in [2.75, 3.05) is 36.4 Å². The van der Waals surface area contributed by atoms with Crippen molar-refractivity contribution >= 4 is 67.7 Å². The van der Waals surface area contributed by atoms with Crippen LogP contribution < -0.4 is 15.6 Å². The molecule has 0 saturated carbocycles. The third kappa shape index (κ3) is 4.03. The van der Waals surface area contributed by atoms with Crippen molar-refractivity contribution in [3.05, 3.63) is 46.4 Å². The lowest BCUT2D eigenvalue weighted by Crippen LogP contribution is -2.50. The summed E-state index contributed by atoms with van der Waals surface area (Å²) in [6.07, 6.45) is 2.76. The van der Waals surface area contributed by atoms with E-state index < -0.39 is 11.4 Å². The highest BCUT2D eigenvalue weighted by atomic mass is 32.1. The average Bonchev–Trinajstić information content (AvgIpc) is 3.32. The van der Waals surface area contributed by atoms with E-state index >= 15 is 0 Å². The second kappa shape index (κ2) is 8.91. The smallest absolute Gasteiger partial charge is 0.341 e. The summed E-state index contributed by atoms with van der Waals surface area (Å²) in [6, 6.07) is 5.85. The van der Waals surface area contributed by atoms with Gasteiger partial charge in [0, 0.05) is 50.8 Å². The number of aromatic nitrogens is 5. The third-order valence-corrected chi connectivity index (χ3v) is 6.79. The van der Waals surface area contributed by atoms with Crippen LogP contribution in [0.2, 0.25) is 0 Å². The van der Waals surface area contributed by atoms with Crippen molar-refractivity contribution in [2.45, 2.75) is 13.5 Å². The summed E-state index contributed by atoms with van der Waals surface area (Å²) in [4.78, 5) is 37.0. The van der Waals surface area contributed by atoms with Gasteiger partial charge in [-0.3, -0.25) is 4.79 Å². The number of benzene rings is 1. The van der Waals surface area contributed by atoms with Crippen molar-refractivity contribution in [2.24, 2.45) is 0 Å². The minimum Gasteiger partial charge on any atom is -0.477 e. The molecule has 0 bridgehead atoms. The van der Waals surface area contributed by atoms with E-state index in [2.05, 4.69) is 29.8 Å². The van der Waals surface area contributed by atoms with Gasteiger partial charge in [-0.1, -0.05) is 4.49 Å². The zero-order valence-electron chi connectivity index (χ0n) is 18.1. The van der Waals surface area contributed by atoms with E-state index in [9.17, 15) is 14.7 Å². The van der Waals surface area contributed by atoms with E-state index in [4.69, 9.17) is 12.2 Å². The van der Waals surface area contributed by atoms with Crippen LogP contribution in [0.4, 0.5) is 11.6 Å². The fraction of sp³-hybridized carbons (Fsp3) is 0.286. The molecule has 4 aromatic rings. The van der Waals surface area contributed by atoms with Crippen LogP contribution in [0.3, 0.4) is 0 Å². The molecule has 1 aliphatic heterocycles. The van der Waals surface area contributed by atoms with Crippen molar-refractivity contribution < 1.29 is 9.90 Å². The Morgan fingerprint density at radius 2 is 2.06 bits per heavy atom. The highest BCUT2D eigenvalue weighted by molar-refractivity contribution is 7.80. The first kappa shape index (κ1) is 22.1. The fourth-order valence-corrected chi connectivity index (χ4v) is 4.72. The Morgan fingerprint density at radius 1 is 1.26 bits per heavy atom. The average molecular weight is 497 g/mol. The molecule has 0 amide bonds. The number of carbonyl (C=O) groups is 1. The largest absolute Gasteiger partial charge is 0.477 e. The Kier molecular flexibility index (Phi) is 5.79. The van der Waals surface area contributed by atoms with Crippen molar-refractivity contribution in [1.29, 1.82) is 0 Å². The Balaban J connectivity index is 1.30.